The molecule has 0 unspecified atom stereocenters. The first kappa shape index (κ1) is 15.0. The van der Waals surface area contributed by atoms with Crippen molar-refractivity contribution in [3.8, 4) is 0 Å². The Morgan fingerprint density at radius 2 is 2.10 bits per heavy atom. The molecule has 0 N–H and O–H groups in total. The Bertz CT molecular complexity index is 549. The van der Waals surface area contributed by atoms with E-state index in [9.17, 15) is 9.59 Å². The van der Waals surface area contributed by atoms with E-state index in [1.165, 1.54) is 0 Å². The van der Waals surface area contributed by atoms with Crippen LogP contribution in [-0.2, 0) is 17.7 Å². The van der Waals surface area contributed by atoms with Crippen LogP contribution in [0.2, 0.25) is 0 Å². The van der Waals surface area contributed by atoms with Crippen molar-refractivity contribution in [2.45, 2.75) is 39.3 Å². The highest BCUT2D eigenvalue weighted by Gasteiger charge is 2.26. The molecule has 1 aliphatic heterocycles. The fourth-order valence-electron chi connectivity index (χ4n) is 2.19. The molecule has 1 amide bonds. The number of benzene rings is 1. The van der Waals surface area contributed by atoms with Crippen LogP contribution in [-0.4, -0.2) is 29.4 Å². The standard InChI is InChI=1S/C15H18BrNO3/c1-15(2,3)20-14(19)17-5-4-11-6-10(9-18)7-13(16)12(11)8-17/h6-7,9H,4-5,8H2,1-3H3. The van der Waals surface area contributed by atoms with E-state index < -0.39 is 5.60 Å². The van der Waals surface area contributed by atoms with Gasteiger partial charge in [0.2, 0.25) is 0 Å². The van der Waals surface area contributed by atoms with E-state index in [-0.39, 0.29) is 6.09 Å². The Morgan fingerprint density at radius 1 is 1.40 bits per heavy atom. The maximum atomic E-state index is 12.1. The van der Waals surface area contributed by atoms with Gasteiger partial charge in [-0.2, -0.15) is 0 Å². The quantitative estimate of drug-likeness (QED) is 0.735. The SMILES string of the molecule is CC(C)(C)OC(=O)N1CCc2cc(C=O)cc(Br)c2C1. The van der Waals surface area contributed by atoms with Gasteiger partial charge in [0.15, 0.2) is 0 Å². The molecule has 0 atom stereocenters. The highest BCUT2D eigenvalue weighted by molar-refractivity contribution is 9.10. The molecule has 5 heteroatoms. The van der Waals surface area contributed by atoms with Crippen molar-refractivity contribution in [2.24, 2.45) is 0 Å². The lowest BCUT2D eigenvalue weighted by Gasteiger charge is -2.31. The van der Waals surface area contributed by atoms with Crippen molar-refractivity contribution in [3.63, 3.8) is 0 Å². The molecule has 0 aliphatic carbocycles. The fourth-order valence-corrected chi connectivity index (χ4v) is 2.84. The van der Waals surface area contributed by atoms with E-state index >= 15 is 0 Å². The van der Waals surface area contributed by atoms with Crippen molar-refractivity contribution in [1.29, 1.82) is 0 Å². The zero-order chi connectivity index (χ0) is 14.9. The smallest absolute Gasteiger partial charge is 0.410 e. The van der Waals surface area contributed by atoms with Gasteiger partial charge in [-0.25, -0.2) is 4.79 Å². The van der Waals surface area contributed by atoms with E-state index in [1.54, 1.807) is 11.0 Å². The van der Waals surface area contributed by atoms with Crippen LogP contribution in [0.4, 0.5) is 4.79 Å². The first-order valence-electron chi connectivity index (χ1n) is 6.54. The van der Waals surface area contributed by atoms with Crippen molar-refractivity contribution in [2.75, 3.05) is 6.54 Å². The van der Waals surface area contributed by atoms with E-state index in [0.717, 1.165) is 28.3 Å². The van der Waals surface area contributed by atoms with Gasteiger partial charge in [0.25, 0.3) is 0 Å². The second kappa shape index (κ2) is 5.56. The summed E-state index contributed by atoms with van der Waals surface area (Å²) < 4.78 is 6.26. The summed E-state index contributed by atoms with van der Waals surface area (Å²) in [6.07, 6.45) is 1.27. The number of aldehydes is 1. The Hall–Kier alpha value is -1.36. The van der Waals surface area contributed by atoms with Gasteiger partial charge in [-0.3, -0.25) is 4.79 Å². The summed E-state index contributed by atoms with van der Waals surface area (Å²) in [5.41, 5.74) is 2.33. The molecule has 0 saturated carbocycles. The third-order valence-corrected chi connectivity index (χ3v) is 3.81. The van der Waals surface area contributed by atoms with Crippen LogP contribution in [0.5, 0.6) is 0 Å². The third kappa shape index (κ3) is 3.39. The highest BCUT2D eigenvalue weighted by atomic mass is 79.9. The summed E-state index contributed by atoms with van der Waals surface area (Å²) in [6, 6.07) is 3.67. The molecule has 1 aromatic carbocycles. The molecule has 1 aromatic rings. The predicted molar refractivity (Wildman–Crippen MR) is 79.9 cm³/mol. The molecule has 0 aromatic heterocycles. The zero-order valence-electron chi connectivity index (χ0n) is 11.9. The van der Waals surface area contributed by atoms with Gasteiger partial charge in [-0.05, 0) is 50.5 Å². The van der Waals surface area contributed by atoms with Gasteiger partial charge < -0.3 is 9.64 Å². The number of hydrogen-bond donors (Lipinski definition) is 0. The lowest BCUT2D eigenvalue weighted by Crippen LogP contribution is -2.40. The fraction of sp³-hybridized carbons (Fsp3) is 0.467. The molecule has 0 fully saturated rings. The molecular formula is C15H18BrNO3. The molecule has 20 heavy (non-hydrogen) atoms. The lowest BCUT2D eigenvalue weighted by molar-refractivity contribution is 0.0223. The summed E-state index contributed by atoms with van der Waals surface area (Å²) in [5.74, 6) is 0. The number of rotatable bonds is 1. The van der Waals surface area contributed by atoms with Gasteiger partial charge in [0.05, 0.1) is 6.54 Å². The summed E-state index contributed by atoms with van der Waals surface area (Å²) in [7, 11) is 0. The van der Waals surface area contributed by atoms with Crippen molar-refractivity contribution < 1.29 is 14.3 Å². The monoisotopic (exact) mass is 339 g/mol. The minimum absolute atomic E-state index is 0.297. The van der Waals surface area contributed by atoms with Crippen LogP contribution < -0.4 is 0 Å². The third-order valence-electron chi connectivity index (χ3n) is 3.10. The summed E-state index contributed by atoms with van der Waals surface area (Å²) in [4.78, 5) is 24.7. The number of hydrogen-bond acceptors (Lipinski definition) is 3. The van der Waals surface area contributed by atoms with Crippen LogP contribution in [0.1, 0.15) is 42.3 Å². The minimum Gasteiger partial charge on any atom is -0.444 e. The molecule has 0 spiro atoms. The molecule has 0 radical (unpaired) electrons. The normalized spacial score (nSPS) is 14.7. The molecule has 0 saturated heterocycles. The largest absolute Gasteiger partial charge is 0.444 e. The first-order valence-corrected chi connectivity index (χ1v) is 7.34. The first-order chi connectivity index (χ1) is 9.30. The van der Waals surface area contributed by atoms with Crippen LogP contribution in [0.15, 0.2) is 16.6 Å². The number of carbonyl (C=O) groups is 2. The molecule has 1 heterocycles. The summed E-state index contributed by atoms with van der Waals surface area (Å²) in [5, 5.41) is 0. The van der Waals surface area contributed by atoms with E-state index in [2.05, 4.69) is 15.9 Å². The Kier molecular flexibility index (Phi) is 4.18. The molecule has 108 valence electrons. The maximum absolute atomic E-state index is 12.1. The molecule has 0 bridgehead atoms. The number of carbonyl (C=O) groups excluding carboxylic acids is 2. The average Bonchev–Trinajstić information content (AvgIpc) is 2.36. The second-order valence-corrected chi connectivity index (χ2v) is 6.76. The highest BCUT2D eigenvalue weighted by Crippen LogP contribution is 2.28. The maximum Gasteiger partial charge on any atom is 0.410 e. The van der Waals surface area contributed by atoms with Crippen LogP contribution in [0, 0.1) is 0 Å². The van der Waals surface area contributed by atoms with E-state index in [4.69, 9.17) is 4.74 Å². The summed E-state index contributed by atoms with van der Waals surface area (Å²) in [6.45, 7) is 6.68. The molecule has 1 aliphatic rings. The van der Waals surface area contributed by atoms with Crippen LogP contribution in [0.3, 0.4) is 0 Å². The number of ether oxygens (including phenoxy) is 1. The number of halogens is 1. The van der Waals surface area contributed by atoms with Gasteiger partial charge in [-0.1, -0.05) is 15.9 Å². The van der Waals surface area contributed by atoms with Crippen molar-refractivity contribution in [1.82, 2.24) is 4.90 Å². The molecule has 4 nitrogen and oxygen atoms in total. The van der Waals surface area contributed by atoms with Crippen LogP contribution in [0.25, 0.3) is 0 Å². The van der Waals surface area contributed by atoms with E-state index in [0.29, 0.717) is 18.7 Å². The Labute approximate surface area is 127 Å². The minimum atomic E-state index is -0.490. The molecular weight excluding hydrogens is 322 g/mol. The Morgan fingerprint density at radius 3 is 2.70 bits per heavy atom. The topological polar surface area (TPSA) is 46.6 Å². The second-order valence-electron chi connectivity index (χ2n) is 5.91. The van der Waals surface area contributed by atoms with Gasteiger partial charge >= 0.3 is 6.09 Å². The van der Waals surface area contributed by atoms with Crippen LogP contribution >= 0.6 is 15.9 Å². The lowest BCUT2D eigenvalue weighted by atomic mass is 9.98. The van der Waals surface area contributed by atoms with Gasteiger partial charge in [0, 0.05) is 16.6 Å². The van der Waals surface area contributed by atoms with Gasteiger partial charge in [0.1, 0.15) is 11.9 Å². The number of nitrogens with zero attached hydrogens (tertiary/aromatic N) is 1. The van der Waals surface area contributed by atoms with Gasteiger partial charge in [-0.15, -0.1) is 0 Å². The van der Waals surface area contributed by atoms with E-state index in [1.807, 2.05) is 26.8 Å². The van der Waals surface area contributed by atoms with Crippen molar-refractivity contribution in [3.05, 3.63) is 33.3 Å². The number of amides is 1. The summed E-state index contributed by atoms with van der Waals surface area (Å²) >= 11 is 3.47. The predicted octanol–water partition coefficient (Wildman–Crippen LogP) is 3.55. The number of fused-ring (bicyclic) bond motifs is 1. The zero-order valence-corrected chi connectivity index (χ0v) is 13.5. The Balaban J connectivity index is 2.19. The molecule has 2 rings (SSSR count). The van der Waals surface area contributed by atoms with Crippen molar-refractivity contribution >= 4 is 28.3 Å². The average molecular weight is 340 g/mol.